The quantitative estimate of drug-likeness (QED) is 0.495. The summed E-state index contributed by atoms with van der Waals surface area (Å²) in [5.74, 6) is 0. The highest BCUT2D eigenvalue weighted by atomic mass is 31.1. The molecule has 1 aromatic heterocycles. The van der Waals surface area contributed by atoms with E-state index in [4.69, 9.17) is 0 Å². The average Bonchev–Trinajstić information content (AvgIpc) is 1.90. The summed E-state index contributed by atoms with van der Waals surface area (Å²) in [5, 5.41) is 0. The van der Waals surface area contributed by atoms with Gasteiger partial charge in [-0.1, -0.05) is 6.07 Å². The lowest BCUT2D eigenvalue weighted by Crippen LogP contribution is -2.19. The number of aromatic nitrogens is 1. The Bertz CT molecular complexity index is 150. The minimum absolute atomic E-state index is 0.847. The Morgan fingerprint density at radius 2 is 1.75 bits per heavy atom. The number of hydrogen-bond acceptors (Lipinski definition) is 0. The summed E-state index contributed by atoms with van der Waals surface area (Å²) >= 11 is 0. The molecular weight excluding hydrogens is 117 g/mol. The van der Waals surface area contributed by atoms with E-state index in [0.29, 0.717) is 0 Å². The van der Waals surface area contributed by atoms with Gasteiger partial charge in [-0.2, -0.15) is 4.34 Å². The summed E-state index contributed by atoms with van der Waals surface area (Å²) in [6.45, 7) is 2.15. The van der Waals surface area contributed by atoms with E-state index in [-0.39, 0.29) is 0 Å². The molecule has 8 heavy (non-hydrogen) atoms. The van der Waals surface area contributed by atoms with Crippen LogP contribution in [-0.4, -0.2) is 6.66 Å². The van der Waals surface area contributed by atoms with Crippen LogP contribution in [0.3, 0.4) is 0 Å². The van der Waals surface area contributed by atoms with Gasteiger partial charge in [-0.3, -0.25) is 0 Å². The zero-order valence-corrected chi connectivity index (χ0v) is 5.83. The van der Waals surface area contributed by atoms with Gasteiger partial charge in [0.2, 0.25) is 0 Å². The maximum atomic E-state index is 2.15. The molecule has 1 nitrogen and oxygen atoms in total. The second kappa shape index (κ2) is 2.78. The van der Waals surface area contributed by atoms with Crippen LogP contribution in [-0.2, 0) is 0 Å². The Kier molecular flexibility index (Phi) is 1.99. The summed E-state index contributed by atoms with van der Waals surface area (Å²) in [4.78, 5) is 0. The third kappa shape index (κ3) is 1.28. The van der Waals surface area contributed by atoms with Gasteiger partial charge in [0.1, 0.15) is 0 Å². The molecule has 1 rings (SSSR count). The highest BCUT2D eigenvalue weighted by Crippen LogP contribution is 1.91. The second-order valence-electron chi connectivity index (χ2n) is 1.51. The maximum absolute atomic E-state index is 2.15. The van der Waals surface area contributed by atoms with Crippen molar-refractivity contribution < 1.29 is 4.34 Å². The zero-order valence-electron chi connectivity index (χ0n) is 4.83. The van der Waals surface area contributed by atoms with Crippen molar-refractivity contribution in [2.45, 2.75) is 0 Å². The Morgan fingerprint density at radius 3 is 2.12 bits per heavy atom. The van der Waals surface area contributed by atoms with Gasteiger partial charge >= 0.3 is 0 Å². The third-order valence-electron chi connectivity index (χ3n) is 0.974. The monoisotopic (exact) mass is 126 g/mol. The molecule has 42 valence electrons. The van der Waals surface area contributed by atoms with E-state index in [1.165, 1.54) is 0 Å². The van der Waals surface area contributed by atoms with Crippen LogP contribution < -0.4 is 4.34 Å². The third-order valence-corrected chi connectivity index (χ3v) is 1.79. The molecular formula is C6H9NP+. The van der Waals surface area contributed by atoms with Crippen molar-refractivity contribution in [1.82, 2.24) is 0 Å². The predicted octanol–water partition coefficient (Wildman–Crippen LogP) is 1.05. The van der Waals surface area contributed by atoms with Crippen molar-refractivity contribution in [3.63, 3.8) is 0 Å². The van der Waals surface area contributed by atoms with Crippen molar-refractivity contribution in [1.29, 1.82) is 0 Å². The van der Waals surface area contributed by atoms with E-state index in [0.717, 1.165) is 8.73 Å². The molecule has 1 aromatic rings. The van der Waals surface area contributed by atoms with Crippen LogP contribution in [0.5, 0.6) is 0 Å². The van der Waals surface area contributed by atoms with Gasteiger partial charge in [-0.25, -0.2) is 0 Å². The second-order valence-corrected chi connectivity index (χ2v) is 2.47. The molecule has 0 aliphatic carbocycles. The van der Waals surface area contributed by atoms with Crippen LogP contribution >= 0.6 is 8.73 Å². The Hall–Kier alpha value is -0.420. The lowest BCUT2D eigenvalue weighted by atomic mass is 10.5. The fourth-order valence-corrected chi connectivity index (χ4v) is 1.02. The fraction of sp³-hybridized carbons (Fsp3) is 0.167. The van der Waals surface area contributed by atoms with Crippen molar-refractivity contribution in [3.8, 4) is 0 Å². The number of nitrogens with zero attached hydrogens (tertiary/aromatic N) is 1. The van der Waals surface area contributed by atoms with Crippen LogP contribution in [0.2, 0.25) is 0 Å². The van der Waals surface area contributed by atoms with E-state index in [1.807, 2.05) is 18.2 Å². The first-order valence-corrected chi connectivity index (χ1v) is 4.02. The van der Waals surface area contributed by atoms with Crippen molar-refractivity contribution >= 4 is 8.73 Å². The molecule has 0 saturated carbocycles. The topological polar surface area (TPSA) is 3.88 Å². The first-order valence-electron chi connectivity index (χ1n) is 2.57. The number of pyridine rings is 1. The van der Waals surface area contributed by atoms with E-state index < -0.39 is 0 Å². The summed E-state index contributed by atoms with van der Waals surface area (Å²) in [6, 6.07) is 6.10. The smallest absolute Gasteiger partial charge is 0.169 e. The lowest BCUT2D eigenvalue weighted by Gasteiger charge is -1.83. The van der Waals surface area contributed by atoms with Gasteiger partial charge in [0.25, 0.3) is 0 Å². The SMILES string of the molecule is CP[n+]1ccccc1. The van der Waals surface area contributed by atoms with Crippen molar-refractivity contribution in [3.05, 3.63) is 30.6 Å². The first kappa shape index (κ1) is 5.71. The van der Waals surface area contributed by atoms with Crippen molar-refractivity contribution in [2.24, 2.45) is 0 Å². The highest BCUT2D eigenvalue weighted by molar-refractivity contribution is 7.29. The van der Waals surface area contributed by atoms with Crippen LogP contribution in [0, 0.1) is 0 Å². The van der Waals surface area contributed by atoms with Crippen molar-refractivity contribution in [2.75, 3.05) is 6.66 Å². The standard InChI is InChI=1S/C6H9NP/c1-8-7-5-3-2-4-6-7/h2-6,8H,1H3/q+1. The average molecular weight is 126 g/mol. The maximum Gasteiger partial charge on any atom is 0.169 e. The van der Waals surface area contributed by atoms with E-state index in [2.05, 4.69) is 23.4 Å². The van der Waals surface area contributed by atoms with Crippen LogP contribution in [0.4, 0.5) is 0 Å². The fourth-order valence-electron chi connectivity index (χ4n) is 0.548. The molecule has 0 aliphatic rings. The molecule has 1 unspecified atom stereocenters. The van der Waals surface area contributed by atoms with Gasteiger partial charge in [-0.15, -0.1) is 0 Å². The number of rotatable bonds is 1. The molecule has 1 atom stereocenters. The molecule has 0 N–H and O–H groups in total. The van der Waals surface area contributed by atoms with E-state index >= 15 is 0 Å². The summed E-state index contributed by atoms with van der Waals surface area (Å²) in [5.41, 5.74) is 0. The minimum atomic E-state index is 0.847. The minimum Gasteiger partial charge on any atom is -0.193 e. The Labute approximate surface area is 51.2 Å². The Balaban J connectivity index is 2.83. The largest absolute Gasteiger partial charge is 0.193 e. The molecule has 0 amide bonds. The van der Waals surface area contributed by atoms with E-state index in [1.54, 1.807) is 0 Å². The number of hydrogen-bond donors (Lipinski definition) is 0. The molecule has 0 saturated heterocycles. The van der Waals surface area contributed by atoms with Gasteiger partial charge < -0.3 is 0 Å². The Morgan fingerprint density at radius 1 is 1.12 bits per heavy atom. The molecule has 0 bridgehead atoms. The highest BCUT2D eigenvalue weighted by Gasteiger charge is 1.87. The molecule has 0 spiro atoms. The van der Waals surface area contributed by atoms with Gasteiger partial charge in [-0.05, 0) is 0 Å². The summed E-state index contributed by atoms with van der Waals surface area (Å²) in [7, 11) is 0.847. The van der Waals surface area contributed by atoms with Crippen LogP contribution in [0.25, 0.3) is 0 Å². The zero-order chi connectivity index (χ0) is 5.82. The molecule has 0 aromatic carbocycles. The van der Waals surface area contributed by atoms with Crippen LogP contribution in [0.1, 0.15) is 0 Å². The first-order chi connectivity index (χ1) is 3.93. The van der Waals surface area contributed by atoms with Crippen LogP contribution in [0.15, 0.2) is 30.6 Å². The molecule has 0 radical (unpaired) electrons. The molecule has 0 fully saturated rings. The van der Waals surface area contributed by atoms with Gasteiger partial charge in [0.15, 0.2) is 21.1 Å². The van der Waals surface area contributed by atoms with Gasteiger partial charge in [0, 0.05) is 18.8 Å². The predicted molar refractivity (Wildman–Crippen MR) is 36.3 cm³/mol. The molecule has 2 heteroatoms. The normalized spacial score (nSPS) is 10.6. The lowest BCUT2D eigenvalue weighted by molar-refractivity contribution is -0.504. The molecule has 0 aliphatic heterocycles. The summed E-state index contributed by atoms with van der Waals surface area (Å²) < 4.78 is 2.15. The van der Waals surface area contributed by atoms with E-state index in [9.17, 15) is 0 Å². The van der Waals surface area contributed by atoms with Gasteiger partial charge in [0.05, 0.1) is 0 Å². The molecule has 1 heterocycles. The summed E-state index contributed by atoms with van der Waals surface area (Å²) in [6.07, 6.45) is 4.14.